The van der Waals surface area contributed by atoms with Crippen LogP contribution >= 0.6 is 11.3 Å². The molecule has 0 radical (unpaired) electrons. The molecule has 3 heterocycles. The van der Waals surface area contributed by atoms with Gasteiger partial charge in [0.25, 0.3) is 11.6 Å². The number of thiophene rings is 1. The Hall–Kier alpha value is -2.99. The third-order valence-electron chi connectivity index (χ3n) is 4.02. The van der Waals surface area contributed by atoms with Crippen LogP contribution in [0.25, 0.3) is 21.5 Å². The Morgan fingerprint density at radius 3 is 2.88 bits per heavy atom. The Balaban J connectivity index is 1.62. The smallest absolute Gasteiger partial charge is 0.257 e. The highest BCUT2D eigenvalue weighted by molar-refractivity contribution is 7.13. The number of rotatable bonds is 3. The fraction of sp³-hybridized carbons (Fsp3) is 0.105. The molecule has 0 aliphatic rings. The number of amides is 1. The minimum absolute atomic E-state index is 0.213. The van der Waals surface area contributed by atoms with Crippen LogP contribution in [0.2, 0.25) is 0 Å². The summed E-state index contributed by atoms with van der Waals surface area (Å²) in [6.07, 6.45) is 1.50. The maximum absolute atomic E-state index is 12.6. The number of anilines is 1. The van der Waals surface area contributed by atoms with Crippen LogP contribution in [0.3, 0.4) is 0 Å². The van der Waals surface area contributed by atoms with Gasteiger partial charge in [0.15, 0.2) is 0 Å². The van der Waals surface area contributed by atoms with Gasteiger partial charge in [0.1, 0.15) is 0 Å². The normalized spacial score (nSPS) is 11.0. The largest absolute Gasteiger partial charge is 0.336 e. The summed E-state index contributed by atoms with van der Waals surface area (Å²) >= 11 is 1.69. The first-order valence-electron chi connectivity index (χ1n) is 7.80. The van der Waals surface area contributed by atoms with Crippen LogP contribution in [-0.4, -0.2) is 16.0 Å². The second-order valence-electron chi connectivity index (χ2n) is 5.81. The lowest BCUT2D eigenvalue weighted by molar-refractivity contribution is 0.102. The van der Waals surface area contributed by atoms with Crippen LogP contribution in [0.1, 0.15) is 21.6 Å². The molecule has 0 spiro atoms. The molecule has 4 rings (SSSR count). The van der Waals surface area contributed by atoms with Gasteiger partial charge in [-0.05, 0) is 54.6 Å². The first-order chi connectivity index (χ1) is 12.1. The highest BCUT2D eigenvalue weighted by atomic mass is 32.1. The number of hydrogen-bond acceptors (Lipinski definition) is 5. The molecule has 124 valence electrons. The number of fused-ring (bicyclic) bond motifs is 1. The molecule has 0 aliphatic heterocycles. The van der Waals surface area contributed by atoms with Crippen LogP contribution in [0.15, 0.2) is 52.5 Å². The highest BCUT2D eigenvalue weighted by Crippen LogP contribution is 2.30. The van der Waals surface area contributed by atoms with E-state index in [-0.39, 0.29) is 5.91 Å². The number of aromatic nitrogens is 2. The number of pyridine rings is 1. The average Bonchev–Trinajstić information content (AvgIpc) is 3.21. The van der Waals surface area contributed by atoms with Gasteiger partial charge in [-0.3, -0.25) is 4.79 Å². The summed E-state index contributed by atoms with van der Waals surface area (Å²) in [5.74, 6) is -0.213. The third kappa shape index (κ3) is 2.92. The molecule has 0 unspecified atom stereocenters. The minimum atomic E-state index is -0.213. The topological polar surface area (TPSA) is 68.0 Å². The Morgan fingerprint density at radius 1 is 1.20 bits per heavy atom. The Morgan fingerprint density at radius 2 is 2.08 bits per heavy atom. The van der Waals surface area contributed by atoms with E-state index >= 15 is 0 Å². The molecule has 0 saturated carbocycles. The second kappa shape index (κ2) is 6.14. The number of carbonyl (C=O) groups is 1. The van der Waals surface area contributed by atoms with E-state index in [1.54, 1.807) is 17.4 Å². The molecule has 0 bridgehead atoms. The molecule has 1 aromatic carbocycles. The summed E-state index contributed by atoms with van der Waals surface area (Å²) < 4.78 is 5.08. The number of carbonyl (C=O) groups excluding carboxylic acids is 1. The summed E-state index contributed by atoms with van der Waals surface area (Å²) in [5, 5.41) is 9.60. The van der Waals surface area contributed by atoms with E-state index in [0.717, 1.165) is 16.6 Å². The standard InChI is InChI=1S/C19H15N3O2S/c1-11-6-7-25-17(11)13-4-3-5-15(8-13)21-18(23)14-9-16-12(2)22-24-19(16)20-10-14/h3-10H,1-2H3,(H,21,23). The first kappa shape index (κ1) is 15.5. The van der Waals surface area contributed by atoms with Gasteiger partial charge in [-0.1, -0.05) is 17.3 Å². The number of aryl methyl sites for hydroxylation is 2. The van der Waals surface area contributed by atoms with Gasteiger partial charge >= 0.3 is 0 Å². The van der Waals surface area contributed by atoms with Crippen LogP contribution in [-0.2, 0) is 0 Å². The summed E-state index contributed by atoms with van der Waals surface area (Å²) in [4.78, 5) is 17.9. The van der Waals surface area contributed by atoms with Gasteiger partial charge in [0.2, 0.25) is 0 Å². The van der Waals surface area contributed by atoms with Crippen molar-refractivity contribution in [3.05, 3.63) is 64.8 Å². The van der Waals surface area contributed by atoms with Crippen LogP contribution in [0, 0.1) is 13.8 Å². The molecule has 6 heteroatoms. The van der Waals surface area contributed by atoms with Gasteiger partial charge in [0, 0.05) is 16.8 Å². The van der Waals surface area contributed by atoms with Gasteiger partial charge in [-0.25, -0.2) is 4.98 Å². The van der Waals surface area contributed by atoms with Gasteiger partial charge in [0.05, 0.1) is 16.6 Å². The van der Waals surface area contributed by atoms with Crippen molar-refractivity contribution >= 4 is 34.0 Å². The van der Waals surface area contributed by atoms with Crippen molar-refractivity contribution in [2.75, 3.05) is 5.32 Å². The van der Waals surface area contributed by atoms with Gasteiger partial charge in [-0.15, -0.1) is 11.3 Å². The lowest BCUT2D eigenvalue weighted by atomic mass is 10.1. The van der Waals surface area contributed by atoms with Gasteiger partial charge < -0.3 is 9.84 Å². The Bertz CT molecular complexity index is 1080. The Labute approximate surface area is 148 Å². The van der Waals surface area contributed by atoms with Crippen molar-refractivity contribution in [3.8, 4) is 10.4 Å². The zero-order valence-electron chi connectivity index (χ0n) is 13.7. The Kier molecular flexibility index (Phi) is 3.82. The lowest BCUT2D eigenvalue weighted by Crippen LogP contribution is -2.12. The molecular formula is C19H15N3O2S. The van der Waals surface area contributed by atoms with Crippen molar-refractivity contribution in [2.45, 2.75) is 13.8 Å². The maximum Gasteiger partial charge on any atom is 0.257 e. The lowest BCUT2D eigenvalue weighted by Gasteiger charge is -2.07. The van der Waals surface area contributed by atoms with Crippen molar-refractivity contribution in [2.24, 2.45) is 0 Å². The van der Waals surface area contributed by atoms with Crippen molar-refractivity contribution < 1.29 is 9.32 Å². The molecule has 4 aromatic rings. The number of hydrogen-bond donors (Lipinski definition) is 1. The first-order valence-corrected chi connectivity index (χ1v) is 8.68. The molecule has 5 nitrogen and oxygen atoms in total. The zero-order valence-corrected chi connectivity index (χ0v) is 14.6. The van der Waals surface area contributed by atoms with Crippen LogP contribution in [0.5, 0.6) is 0 Å². The fourth-order valence-electron chi connectivity index (χ4n) is 2.68. The summed E-state index contributed by atoms with van der Waals surface area (Å²) in [6, 6.07) is 11.7. The van der Waals surface area contributed by atoms with E-state index in [0.29, 0.717) is 17.0 Å². The van der Waals surface area contributed by atoms with Crippen LogP contribution < -0.4 is 5.32 Å². The van der Waals surface area contributed by atoms with E-state index in [1.807, 2.05) is 31.2 Å². The monoisotopic (exact) mass is 349 g/mol. The number of benzene rings is 1. The van der Waals surface area contributed by atoms with E-state index in [1.165, 1.54) is 16.6 Å². The van der Waals surface area contributed by atoms with E-state index in [4.69, 9.17) is 4.52 Å². The molecule has 1 N–H and O–H groups in total. The zero-order chi connectivity index (χ0) is 17.4. The third-order valence-corrected chi connectivity index (χ3v) is 5.08. The average molecular weight is 349 g/mol. The quantitative estimate of drug-likeness (QED) is 0.576. The van der Waals surface area contributed by atoms with Crippen molar-refractivity contribution in [3.63, 3.8) is 0 Å². The van der Waals surface area contributed by atoms with Crippen LogP contribution in [0.4, 0.5) is 5.69 Å². The summed E-state index contributed by atoms with van der Waals surface area (Å²) in [6.45, 7) is 3.90. The molecule has 0 saturated heterocycles. The molecule has 0 aliphatic carbocycles. The SMILES string of the molecule is Cc1ccsc1-c1cccc(NC(=O)c2cnc3onc(C)c3c2)c1. The second-order valence-corrected chi connectivity index (χ2v) is 6.73. The maximum atomic E-state index is 12.6. The summed E-state index contributed by atoms with van der Waals surface area (Å²) in [5.41, 5.74) is 4.69. The van der Waals surface area contributed by atoms with Crippen molar-refractivity contribution in [1.82, 2.24) is 10.1 Å². The molecule has 3 aromatic heterocycles. The molecule has 1 amide bonds. The van der Waals surface area contributed by atoms with Crippen molar-refractivity contribution in [1.29, 1.82) is 0 Å². The summed E-state index contributed by atoms with van der Waals surface area (Å²) in [7, 11) is 0. The number of nitrogens with zero attached hydrogens (tertiary/aromatic N) is 2. The van der Waals surface area contributed by atoms with E-state index < -0.39 is 0 Å². The molecular weight excluding hydrogens is 334 g/mol. The van der Waals surface area contributed by atoms with E-state index in [2.05, 4.69) is 33.8 Å². The highest BCUT2D eigenvalue weighted by Gasteiger charge is 2.12. The molecule has 0 fully saturated rings. The predicted octanol–water partition coefficient (Wildman–Crippen LogP) is 4.82. The van der Waals surface area contributed by atoms with Gasteiger partial charge in [-0.2, -0.15) is 0 Å². The predicted molar refractivity (Wildman–Crippen MR) is 99.0 cm³/mol. The molecule has 25 heavy (non-hydrogen) atoms. The molecule has 0 atom stereocenters. The number of nitrogens with one attached hydrogen (secondary N) is 1. The van der Waals surface area contributed by atoms with E-state index in [9.17, 15) is 4.79 Å². The fourth-order valence-corrected chi connectivity index (χ4v) is 3.60. The minimum Gasteiger partial charge on any atom is -0.336 e.